The molecule has 96 valence electrons. The van der Waals surface area contributed by atoms with Crippen molar-refractivity contribution in [1.29, 1.82) is 5.26 Å². The predicted octanol–water partition coefficient (Wildman–Crippen LogP) is 2.75. The Morgan fingerprint density at radius 3 is 2.56 bits per heavy atom. The highest BCUT2D eigenvalue weighted by atomic mass is 15.2. The molecule has 1 fully saturated rings. The Balaban J connectivity index is 2.18. The van der Waals surface area contributed by atoms with Gasteiger partial charge in [-0.25, -0.2) is 9.97 Å². The van der Waals surface area contributed by atoms with E-state index in [4.69, 9.17) is 5.26 Å². The van der Waals surface area contributed by atoms with E-state index in [2.05, 4.69) is 28.7 Å². The maximum atomic E-state index is 8.76. The summed E-state index contributed by atoms with van der Waals surface area (Å²) in [7, 11) is 0. The van der Waals surface area contributed by atoms with Gasteiger partial charge in [0.1, 0.15) is 11.9 Å². The molecule has 1 aliphatic carbocycles. The van der Waals surface area contributed by atoms with E-state index in [1.54, 1.807) is 12.4 Å². The highest BCUT2D eigenvalue weighted by Gasteiger charge is 2.24. The van der Waals surface area contributed by atoms with Gasteiger partial charge in [-0.2, -0.15) is 5.26 Å². The maximum Gasteiger partial charge on any atom is 0.158 e. The third kappa shape index (κ3) is 2.98. The minimum Gasteiger partial charge on any atom is -0.352 e. The molecule has 0 spiro atoms. The molecule has 4 heteroatoms. The van der Waals surface area contributed by atoms with Crippen LogP contribution >= 0.6 is 0 Å². The average Bonchev–Trinajstić information content (AvgIpc) is 2.89. The molecule has 2 rings (SSSR count). The van der Waals surface area contributed by atoms with Crippen LogP contribution in [0.2, 0.25) is 0 Å². The quantitative estimate of drug-likeness (QED) is 0.817. The van der Waals surface area contributed by atoms with Crippen LogP contribution in [-0.4, -0.2) is 22.6 Å². The molecule has 1 heterocycles. The first-order valence-corrected chi connectivity index (χ1v) is 6.69. The fraction of sp³-hybridized carbons (Fsp3) is 0.643. The normalized spacial score (nSPS) is 15.9. The Morgan fingerprint density at radius 2 is 2.06 bits per heavy atom. The van der Waals surface area contributed by atoms with Gasteiger partial charge < -0.3 is 4.90 Å². The molecule has 18 heavy (non-hydrogen) atoms. The van der Waals surface area contributed by atoms with Gasteiger partial charge in [0.05, 0.1) is 12.4 Å². The SMILES string of the molecule is CC(C)CN(c1cnc(C#N)cn1)C1CCCC1. The first-order valence-electron chi connectivity index (χ1n) is 6.69. The lowest BCUT2D eigenvalue weighted by molar-refractivity contribution is 0.530. The minimum atomic E-state index is 0.384. The highest BCUT2D eigenvalue weighted by molar-refractivity contribution is 5.39. The van der Waals surface area contributed by atoms with Crippen LogP contribution in [0.15, 0.2) is 12.4 Å². The standard InChI is InChI=1S/C14H20N4/c1-11(2)10-18(13-5-3-4-6-13)14-9-16-12(7-15)8-17-14/h8-9,11,13H,3-6,10H2,1-2H3. The molecule has 0 saturated heterocycles. The Morgan fingerprint density at radius 1 is 1.33 bits per heavy atom. The lowest BCUT2D eigenvalue weighted by Gasteiger charge is -2.31. The zero-order chi connectivity index (χ0) is 13.0. The Labute approximate surface area is 109 Å². The summed E-state index contributed by atoms with van der Waals surface area (Å²) in [5.41, 5.74) is 0.384. The second-order valence-corrected chi connectivity index (χ2v) is 5.36. The van der Waals surface area contributed by atoms with Crippen molar-refractivity contribution in [1.82, 2.24) is 9.97 Å². The Hall–Kier alpha value is -1.63. The molecule has 0 atom stereocenters. The summed E-state index contributed by atoms with van der Waals surface area (Å²) < 4.78 is 0. The number of rotatable bonds is 4. The summed E-state index contributed by atoms with van der Waals surface area (Å²) in [5.74, 6) is 1.51. The van der Waals surface area contributed by atoms with Gasteiger partial charge in [0.15, 0.2) is 5.69 Å². The summed E-state index contributed by atoms with van der Waals surface area (Å²) >= 11 is 0. The molecular weight excluding hydrogens is 224 g/mol. The molecule has 1 aromatic heterocycles. The molecule has 0 amide bonds. The summed E-state index contributed by atoms with van der Waals surface area (Å²) in [5, 5.41) is 8.76. The van der Waals surface area contributed by atoms with Crippen molar-refractivity contribution in [3.63, 3.8) is 0 Å². The number of anilines is 1. The number of hydrogen-bond donors (Lipinski definition) is 0. The van der Waals surface area contributed by atoms with Crippen molar-refractivity contribution in [2.45, 2.75) is 45.6 Å². The molecule has 0 aliphatic heterocycles. The Bertz CT molecular complexity index is 412. The van der Waals surface area contributed by atoms with E-state index < -0.39 is 0 Å². The largest absolute Gasteiger partial charge is 0.352 e. The first kappa shape index (κ1) is 12.8. The number of nitrogens with zero attached hydrogens (tertiary/aromatic N) is 4. The molecule has 1 saturated carbocycles. The molecule has 0 radical (unpaired) electrons. The van der Waals surface area contributed by atoms with Crippen LogP contribution in [0.1, 0.15) is 45.2 Å². The van der Waals surface area contributed by atoms with Crippen molar-refractivity contribution in [2.24, 2.45) is 5.92 Å². The van der Waals surface area contributed by atoms with Crippen LogP contribution in [-0.2, 0) is 0 Å². The second kappa shape index (κ2) is 5.81. The summed E-state index contributed by atoms with van der Waals surface area (Å²) in [6.07, 6.45) is 8.41. The number of hydrogen-bond acceptors (Lipinski definition) is 4. The molecule has 0 aromatic carbocycles. The van der Waals surface area contributed by atoms with Gasteiger partial charge in [-0.3, -0.25) is 0 Å². The van der Waals surface area contributed by atoms with E-state index in [-0.39, 0.29) is 0 Å². The third-order valence-electron chi connectivity index (χ3n) is 3.37. The maximum absolute atomic E-state index is 8.76. The summed E-state index contributed by atoms with van der Waals surface area (Å²) in [4.78, 5) is 10.9. The van der Waals surface area contributed by atoms with Gasteiger partial charge in [-0.05, 0) is 18.8 Å². The van der Waals surface area contributed by atoms with Crippen LogP contribution in [0, 0.1) is 17.2 Å². The summed E-state index contributed by atoms with van der Waals surface area (Å²) in [6, 6.07) is 2.60. The average molecular weight is 244 g/mol. The van der Waals surface area contributed by atoms with E-state index in [9.17, 15) is 0 Å². The lowest BCUT2D eigenvalue weighted by atomic mass is 10.1. The van der Waals surface area contributed by atoms with Crippen molar-refractivity contribution in [2.75, 3.05) is 11.4 Å². The molecule has 0 unspecified atom stereocenters. The monoisotopic (exact) mass is 244 g/mol. The molecule has 1 aliphatic rings. The van der Waals surface area contributed by atoms with Crippen LogP contribution in [0.5, 0.6) is 0 Å². The van der Waals surface area contributed by atoms with Gasteiger partial charge >= 0.3 is 0 Å². The van der Waals surface area contributed by atoms with Crippen molar-refractivity contribution < 1.29 is 0 Å². The van der Waals surface area contributed by atoms with E-state index in [0.29, 0.717) is 17.7 Å². The third-order valence-corrected chi connectivity index (χ3v) is 3.37. The smallest absolute Gasteiger partial charge is 0.158 e. The minimum absolute atomic E-state index is 0.384. The van der Waals surface area contributed by atoms with Gasteiger partial charge in [0.2, 0.25) is 0 Å². The topological polar surface area (TPSA) is 52.8 Å². The van der Waals surface area contributed by atoms with Gasteiger partial charge in [0.25, 0.3) is 0 Å². The molecule has 0 bridgehead atoms. The predicted molar refractivity (Wildman–Crippen MR) is 71.2 cm³/mol. The Kier molecular flexibility index (Phi) is 4.14. The zero-order valence-electron chi connectivity index (χ0n) is 11.1. The van der Waals surface area contributed by atoms with Gasteiger partial charge in [0, 0.05) is 12.6 Å². The van der Waals surface area contributed by atoms with E-state index in [0.717, 1.165) is 12.4 Å². The van der Waals surface area contributed by atoms with E-state index >= 15 is 0 Å². The highest BCUT2D eigenvalue weighted by Crippen LogP contribution is 2.27. The second-order valence-electron chi connectivity index (χ2n) is 5.36. The summed E-state index contributed by atoms with van der Waals surface area (Å²) in [6.45, 7) is 5.45. The molecular formula is C14H20N4. The number of nitriles is 1. The first-order chi connectivity index (χ1) is 8.70. The van der Waals surface area contributed by atoms with Crippen molar-refractivity contribution >= 4 is 5.82 Å². The van der Waals surface area contributed by atoms with Crippen LogP contribution in [0.3, 0.4) is 0 Å². The van der Waals surface area contributed by atoms with Gasteiger partial charge in [-0.1, -0.05) is 26.7 Å². The van der Waals surface area contributed by atoms with E-state index in [1.807, 2.05) is 6.07 Å². The van der Waals surface area contributed by atoms with E-state index in [1.165, 1.54) is 25.7 Å². The van der Waals surface area contributed by atoms with Crippen LogP contribution in [0.25, 0.3) is 0 Å². The van der Waals surface area contributed by atoms with Crippen LogP contribution < -0.4 is 4.90 Å². The van der Waals surface area contributed by atoms with Crippen molar-refractivity contribution in [3.8, 4) is 6.07 Å². The zero-order valence-corrected chi connectivity index (χ0v) is 11.1. The molecule has 4 nitrogen and oxygen atoms in total. The molecule has 0 N–H and O–H groups in total. The fourth-order valence-corrected chi connectivity index (χ4v) is 2.57. The fourth-order valence-electron chi connectivity index (χ4n) is 2.57. The number of aromatic nitrogens is 2. The van der Waals surface area contributed by atoms with Crippen molar-refractivity contribution in [3.05, 3.63) is 18.1 Å². The van der Waals surface area contributed by atoms with Crippen LogP contribution in [0.4, 0.5) is 5.82 Å². The van der Waals surface area contributed by atoms with Gasteiger partial charge in [-0.15, -0.1) is 0 Å². The lowest BCUT2D eigenvalue weighted by Crippen LogP contribution is -2.37. The molecule has 1 aromatic rings.